The maximum atomic E-state index is 12.0. The van der Waals surface area contributed by atoms with Gasteiger partial charge in [0.15, 0.2) is 6.10 Å². The van der Waals surface area contributed by atoms with Crippen molar-refractivity contribution in [3.05, 3.63) is 0 Å². The summed E-state index contributed by atoms with van der Waals surface area (Å²) in [6, 6.07) is -1.04. The van der Waals surface area contributed by atoms with E-state index in [1.165, 1.54) is 0 Å². The number of hydrogen-bond donors (Lipinski definition) is 2. The van der Waals surface area contributed by atoms with Crippen LogP contribution in [0.4, 0.5) is 13.2 Å². The normalized spacial score (nSPS) is 30.1. The van der Waals surface area contributed by atoms with Crippen LogP contribution in [0, 0.1) is 0 Å². The molecule has 7 heteroatoms. The topological polar surface area (TPSA) is 58.6 Å². The van der Waals surface area contributed by atoms with E-state index < -0.39 is 37.4 Å². The van der Waals surface area contributed by atoms with E-state index in [2.05, 4.69) is 10.1 Å². The molecule has 1 aliphatic rings. The number of carboxylic acid groups (broad SMARTS) is 1. The van der Waals surface area contributed by atoms with E-state index in [9.17, 15) is 18.0 Å². The van der Waals surface area contributed by atoms with Crippen LogP contribution in [0.25, 0.3) is 0 Å². The molecule has 76 valence electrons. The van der Waals surface area contributed by atoms with E-state index in [0.29, 0.717) is 0 Å². The lowest BCUT2D eigenvalue weighted by Crippen LogP contribution is -2.54. The van der Waals surface area contributed by atoms with E-state index >= 15 is 0 Å². The fourth-order valence-corrected chi connectivity index (χ4v) is 0.948. The molecule has 0 saturated carbocycles. The molecule has 1 saturated heterocycles. The summed E-state index contributed by atoms with van der Waals surface area (Å²) in [5.41, 5.74) is 0. The van der Waals surface area contributed by atoms with Gasteiger partial charge in [-0.2, -0.15) is 13.2 Å². The van der Waals surface area contributed by atoms with E-state index in [1.807, 2.05) is 0 Å². The fourth-order valence-electron chi connectivity index (χ4n) is 0.948. The molecule has 1 aliphatic heterocycles. The number of halogens is 3. The first-order chi connectivity index (χ1) is 5.91. The number of nitrogens with one attached hydrogen (secondary N) is 1. The standard InChI is InChI=1S/C6H8F3NO3/c7-6(8,9)4-1-10-3(2-13-4)5(11)12/h3-4,10H,1-2H2,(H,11,12)/t3-,4+/m0/s1. The molecule has 4 nitrogen and oxygen atoms in total. The zero-order valence-corrected chi connectivity index (χ0v) is 6.47. The van der Waals surface area contributed by atoms with Crippen LogP contribution in [0.1, 0.15) is 0 Å². The minimum atomic E-state index is -4.43. The Balaban J connectivity index is 2.44. The van der Waals surface area contributed by atoms with Crippen molar-refractivity contribution in [3.8, 4) is 0 Å². The van der Waals surface area contributed by atoms with E-state index in [1.54, 1.807) is 0 Å². The molecule has 0 aromatic carbocycles. The Labute approximate surface area is 71.7 Å². The first-order valence-corrected chi connectivity index (χ1v) is 3.56. The molecule has 1 fully saturated rings. The molecule has 1 heterocycles. The number of rotatable bonds is 1. The van der Waals surface area contributed by atoms with Crippen LogP contribution in [0.15, 0.2) is 0 Å². The second-order valence-corrected chi connectivity index (χ2v) is 2.66. The molecular weight excluding hydrogens is 191 g/mol. The number of alkyl halides is 3. The monoisotopic (exact) mass is 199 g/mol. The lowest BCUT2D eigenvalue weighted by atomic mass is 10.2. The molecule has 0 aromatic rings. The minimum Gasteiger partial charge on any atom is -0.480 e. The summed E-state index contributed by atoms with van der Waals surface area (Å²) in [5.74, 6) is -1.21. The van der Waals surface area contributed by atoms with Crippen molar-refractivity contribution in [2.45, 2.75) is 18.3 Å². The maximum Gasteiger partial charge on any atom is 0.415 e. The summed E-state index contributed by atoms with van der Waals surface area (Å²) in [7, 11) is 0. The summed E-state index contributed by atoms with van der Waals surface area (Å²) in [5, 5.41) is 10.6. The highest BCUT2D eigenvalue weighted by Gasteiger charge is 2.43. The van der Waals surface area contributed by atoms with Gasteiger partial charge < -0.3 is 9.84 Å². The molecule has 0 amide bonds. The summed E-state index contributed by atoms with van der Waals surface area (Å²) < 4.78 is 40.2. The third kappa shape index (κ3) is 2.56. The van der Waals surface area contributed by atoms with E-state index in [0.717, 1.165) is 0 Å². The van der Waals surface area contributed by atoms with Crippen LogP contribution >= 0.6 is 0 Å². The summed E-state index contributed by atoms with van der Waals surface area (Å²) in [6.07, 6.45) is -6.33. The van der Waals surface area contributed by atoms with Gasteiger partial charge in [-0.05, 0) is 0 Å². The Morgan fingerprint density at radius 3 is 2.46 bits per heavy atom. The van der Waals surface area contributed by atoms with Gasteiger partial charge in [0.05, 0.1) is 6.61 Å². The quantitative estimate of drug-likeness (QED) is 0.623. The predicted octanol–water partition coefficient (Wildman–Crippen LogP) is -0.00970. The van der Waals surface area contributed by atoms with Crippen LogP contribution in [0.5, 0.6) is 0 Å². The third-order valence-electron chi connectivity index (χ3n) is 1.68. The molecule has 0 aliphatic carbocycles. The van der Waals surface area contributed by atoms with Crippen LogP contribution in [0.3, 0.4) is 0 Å². The average Bonchev–Trinajstić information content (AvgIpc) is 2.03. The highest BCUT2D eigenvalue weighted by Crippen LogP contribution is 2.24. The zero-order chi connectivity index (χ0) is 10.1. The number of morpholine rings is 1. The highest BCUT2D eigenvalue weighted by molar-refractivity contribution is 5.73. The number of carbonyl (C=O) groups is 1. The first-order valence-electron chi connectivity index (χ1n) is 3.56. The SMILES string of the molecule is O=C(O)[C@@H]1CO[C@@H](C(F)(F)F)CN1. The molecule has 0 spiro atoms. The van der Waals surface area contributed by atoms with E-state index in [-0.39, 0.29) is 0 Å². The fraction of sp³-hybridized carbons (Fsp3) is 0.833. The predicted molar refractivity (Wildman–Crippen MR) is 35.2 cm³/mol. The van der Waals surface area contributed by atoms with Crippen LogP contribution in [0.2, 0.25) is 0 Å². The Hall–Kier alpha value is -0.820. The van der Waals surface area contributed by atoms with Gasteiger partial charge in [-0.3, -0.25) is 10.1 Å². The second kappa shape index (κ2) is 3.51. The van der Waals surface area contributed by atoms with Crippen molar-refractivity contribution in [1.82, 2.24) is 5.32 Å². The average molecular weight is 199 g/mol. The molecule has 1 rings (SSSR count). The molecule has 2 atom stereocenters. The molecular formula is C6H8F3NO3. The Bertz CT molecular complexity index is 198. The maximum absolute atomic E-state index is 12.0. The van der Waals surface area contributed by atoms with Gasteiger partial charge in [0.1, 0.15) is 6.04 Å². The summed E-state index contributed by atoms with van der Waals surface area (Å²) in [6.45, 7) is -0.972. The number of aliphatic carboxylic acids is 1. The zero-order valence-electron chi connectivity index (χ0n) is 6.47. The van der Waals surface area contributed by atoms with Gasteiger partial charge in [0, 0.05) is 6.54 Å². The van der Waals surface area contributed by atoms with Crippen LogP contribution < -0.4 is 5.32 Å². The van der Waals surface area contributed by atoms with E-state index in [4.69, 9.17) is 5.11 Å². The number of ether oxygens (including phenoxy) is 1. The molecule has 0 aromatic heterocycles. The van der Waals surface area contributed by atoms with Crippen LogP contribution in [-0.2, 0) is 9.53 Å². The van der Waals surface area contributed by atoms with Gasteiger partial charge in [0.25, 0.3) is 0 Å². The lowest BCUT2D eigenvalue weighted by molar-refractivity contribution is -0.229. The van der Waals surface area contributed by atoms with Gasteiger partial charge in [-0.1, -0.05) is 0 Å². The highest BCUT2D eigenvalue weighted by atomic mass is 19.4. The second-order valence-electron chi connectivity index (χ2n) is 2.66. The number of hydrogen-bond acceptors (Lipinski definition) is 3. The molecule has 13 heavy (non-hydrogen) atoms. The lowest BCUT2D eigenvalue weighted by Gasteiger charge is -2.29. The van der Waals surface area contributed by atoms with Crippen molar-refractivity contribution >= 4 is 5.97 Å². The molecule has 0 radical (unpaired) electrons. The Morgan fingerprint density at radius 1 is 1.54 bits per heavy atom. The van der Waals surface area contributed by atoms with Crippen molar-refractivity contribution in [2.24, 2.45) is 0 Å². The van der Waals surface area contributed by atoms with Crippen molar-refractivity contribution < 1.29 is 27.8 Å². The summed E-state index contributed by atoms with van der Waals surface area (Å²) in [4.78, 5) is 10.3. The smallest absolute Gasteiger partial charge is 0.415 e. The minimum absolute atomic E-state index is 0.459. The third-order valence-corrected chi connectivity index (χ3v) is 1.68. The Kier molecular flexibility index (Phi) is 2.77. The summed E-state index contributed by atoms with van der Waals surface area (Å²) >= 11 is 0. The van der Waals surface area contributed by atoms with Gasteiger partial charge in [0.2, 0.25) is 0 Å². The van der Waals surface area contributed by atoms with Crippen LogP contribution in [-0.4, -0.2) is 42.5 Å². The Morgan fingerprint density at radius 2 is 2.15 bits per heavy atom. The first kappa shape index (κ1) is 10.3. The van der Waals surface area contributed by atoms with Crippen molar-refractivity contribution in [3.63, 3.8) is 0 Å². The van der Waals surface area contributed by atoms with Gasteiger partial charge in [-0.15, -0.1) is 0 Å². The number of carboxylic acids is 1. The molecule has 0 unspecified atom stereocenters. The molecule has 0 bridgehead atoms. The van der Waals surface area contributed by atoms with Gasteiger partial charge >= 0.3 is 12.1 Å². The van der Waals surface area contributed by atoms with Crippen molar-refractivity contribution in [1.29, 1.82) is 0 Å². The molecule has 2 N–H and O–H groups in total. The van der Waals surface area contributed by atoms with Gasteiger partial charge in [-0.25, -0.2) is 0 Å². The largest absolute Gasteiger partial charge is 0.480 e. The van der Waals surface area contributed by atoms with Crippen molar-refractivity contribution in [2.75, 3.05) is 13.2 Å².